The molecule has 1 aliphatic heterocycles. The maximum atomic E-state index is 11.3. The number of piperidine rings is 1. The van der Waals surface area contributed by atoms with E-state index in [1.807, 2.05) is 24.3 Å². The van der Waals surface area contributed by atoms with E-state index in [9.17, 15) is 4.79 Å². The number of hydrogen-bond acceptors (Lipinski definition) is 6. The first kappa shape index (κ1) is 16.3. The van der Waals surface area contributed by atoms with Crippen molar-refractivity contribution >= 4 is 34.3 Å². The van der Waals surface area contributed by atoms with Crippen LogP contribution in [0.2, 0.25) is 0 Å². The van der Waals surface area contributed by atoms with Gasteiger partial charge in [-0.25, -0.2) is 9.97 Å². The number of fused-ring (bicyclic) bond motifs is 1. The molecule has 1 fully saturated rings. The Labute approximate surface area is 151 Å². The van der Waals surface area contributed by atoms with E-state index in [4.69, 9.17) is 5.73 Å². The Kier molecular flexibility index (Phi) is 4.35. The Morgan fingerprint density at radius 3 is 2.62 bits per heavy atom. The number of hydrogen-bond donors (Lipinski definition) is 2. The fraction of sp³-hybridized carbons (Fsp3) is 0.263. The first-order valence-corrected chi connectivity index (χ1v) is 8.68. The average molecular weight is 348 g/mol. The van der Waals surface area contributed by atoms with Crippen LogP contribution in [0.5, 0.6) is 0 Å². The van der Waals surface area contributed by atoms with Crippen molar-refractivity contribution in [1.82, 2.24) is 15.0 Å². The fourth-order valence-corrected chi connectivity index (χ4v) is 3.23. The minimum Gasteiger partial charge on any atom is -0.371 e. The molecule has 1 saturated heterocycles. The van der Waals surface area contributed by atoms with Crippen molar-refractivity contribution in [3.05, 3.63) is 48.8 Å². The smallest absolute Gasteiger partial charge is 0.229 e. The van der Waals surface area contributed by atoms with Gasteiger partial charge < -0.3 is 16.0 Å². The maximum Gasteiger partial charge on any atom is 0.229 e. The molecule has 132 valence electrons. The van der Waals surface area contributed by atoms with E-state index in [2.05, 4.69) is 37.3 Å². The van der Waals surface area contributed by atoms with Crippen LogP contribution in [0.25, 0.3) is 11.0 Å². The molecule has 4 rings (SSSR count). The summed E-state index contributed by atoms with van der Waals surface area (Å²) in [6, 6.07) is 11.9. The number of primary amides is 1. The molecular formula is C19H20N6O. The molecular weight excluding hydrogens is 328 g/mol. The van der Waals surface area contributed by atoms with Gasteiger partial charge in [-0.2, -0.15) is 4.98 Å². The Bertz CT molecular complexity index is 919. The summed E-state index contributed by atoms with van der Waals surface area (Å²) < 4.78 is 0. The van der Waals surface area contributed by atoms with Crippen molar-refractivity contribution in [2.24, 2.45) is 11.7 Å². The number of carbonyl (C=O) groups is 1. The van der Waals surface area contributed by atoms with Crippen LogP contribution in [0.4, 0.5) is 17.3 Å². The normalized spacial score (nSPS) is 15.2. The zero-order valence-corrected chi connectivity index (χ0v) is 14.3. The lowest BCUT2D eigenvalue weighted by Gasteiger charge is -2.32. The van der Waals surface area contributed by atoms with Crippen LogP contribution in [-0.2, 0) is 4.79 Å². The lowest BCUT2D eigenvalue weighted by atomic mass is 9.96. The van der Waals surface area contributed by atoms with Crippen molar-refractivity contribution in [3.8, 4) is 0 Å². The van der Waals surface area contributed by atoms with Gasteiger partial charge in [-0.1, -0.05) is 0 Å². The highest BCUT2D eigenvalue weighted by molar-refractivity contribution is 5.77. The molecule has 0 aliphatic carbocycles. The van der Waals surface area contributed by atoms with E-state index >= 15 is 0 Å². The maximum absolute atomic E-state index is 11.3. The highest BCUT2D eigenvalue weighted by atomic mass is 16.1. The number of nitrogens with zero attached hydrogens (tertiary/aromatic N) is 4. The third kappa shape index (κ3) is 3.42. The van der Waals surface area contributed by atoms with Crippen LogP contribution in [0.1, 0.15) is 12.8 Å². The summed E-state index contributed by atoms with van der Waals surface area (Å²) >= 11 is 0. The van der Waals surface area contributed by atoms with E-state index in [0.717, 1.165) is 42.7 Å². The van der Waals surface area contributed by atoms with Crippen molar-refractivity contribution in [2.45, 2.75) is 12.8 Å². The number of nitrogens with one attached hydrogen (secondary N) is 1. The monoisotopic (exact) mass is 348 g/mol. The van der Waals surface area contributed by atoms with Crippen molar-refractivity contribution < 1.29 is 4.79 Å². The summed E-state index contributed by atoms with van der Waals surface area (Å²) in [7, 11) is 0. The molecule has 0 bridgehead atoms. The standard InChI is InChI=1S/C19H20N6O/c20-17(26)13-7-10-25(11-8-13)16-5-3-15(4-6-16)23-19-22-12-14-2-1-9-21-18(14)24-19/h1-6,9,12-13H,7-8,10-11H2,(H2,20,26)(H,21,22,23,24). The molecule has 0 spiro atoms. The number of anilines is 3. The molecule has 2 aromatic heterocycles. The summed E-state index contributed by atoms with van der Waals surface area (Å²) in [6.45, 7) is 1.69. The van der Waals surface area contributed by atoms with Gasteiger partial charge >= 0.3 is 0 Å². The minimum absolute atomic E-state index is 0.00542. The molecule has 0 saturated carbocycles. The first-order chi connectivity index (χ1) is 12.7. The number of pyridine rings is 1. The molecule has 3 aromatic rings. The predicted octanol–water partition coefficient (Wildman–Crippen LogP) is 2.47. The van der Waals surface area contributed by atoms with Crippen molar-refractivity contribution in [2.75, 3.05) is 23.3 Å². The van der Waals surface area contributed by atoms with Gasteiger partial charge in [0, 0.05) is 48.2 Å². The molecule has 3 N–H and O–H groups in total. The van der Waals surface area contributed by atoms with Gasteiger partial charge in [-0.3, -0.25) is 4.79 Å². The SMILES string of the molecule is NC(=O)C1CCN(c2ccc(Nc3ncc4cccnc4n3)cc2)CC1. The molecule has 3 heterocycles. The highest BCUT2D eigenvalue weighted by Crippen LogP contribution is 2.25. The molecule has 0 unspecified atom stereocenters. The van der Waals surface area contributed by atoms with Crippen molar-refractivity contribution in [3.63, 3.8) is 0 Å². The quantitative estimate of drug-likeness (QED) is 0.752. The molecule has 0 atom stereocenters. The largest absolute Gasteiger partial charge is 0.371 e. The Morgan fingerprint density at radius 2 is 1.88 bits per heavy atom. The number of benzene rings is 1. The molecule has 7 nitrogen and oxygen atoms in total. The summed E-state index contributed by atoms with van der Waals surface area (Å²) in [5.74, 6) is 0.339. The van der Waals surface area contributed by atoms with E-state index in [1.54, 1.807) is 12.4 Å². The molecule has 0 radical (unpaired) electrons. The molecule has 7 heteroatoms. The lowest BCUT2D eigenvalue weighted by Crippen LogP contribution is -2.38. The van der Waals surface area contributed by atoms with Gasteiger partial charge in [0.15, 0.2) is 5.65 Å². The molecule has 1 amide bonds. The van der Waals surface area contributed by atoms with E-state index < -0.39 is 0 Å². The summed E-state index contributed by atoms with van der Waals surface area (Å²) in [4.78, 5) is 26.5. The minimum atomic E-state index is -0.186. The average Bonchev–Trinajstić information content (AvgIpc) is 2.68. The number of carbonyl (C=O) groups excluding carboxylic acids is 1. The topological polar surface area (TPSA) is 97.0 Å². The van der Waals surface area contributed by atoms with Crippen LogP contribution in [0, 0.1) is 5.92 Å². The van der Waals surface area contributed by atoms with Gasteiger partial charge in [0.25, 0.3) is 0 Å². The second-order valence-corrected chi connectivity index (χ2v) is 6.45. The Morgan fingerprint density at radius 1 is 1.12 bits per heavy atom. The van der Waals surface area contributed by atoms with Crippen LogP contribution in [0.15, 0.2) is 48.8 Å². The second kappa shape index (κ2) is 6.95. The van der Waals surface area contributed by atoms with Gasteiger partial charge in [0.1, 0.15) is 0 Å². The number of aromatic nitrogens is 3. The van der Waals surface area contributed by atoms with Gasteiger partial charge in [-0.15, -0.1) is 0 Å². The first-order valence-electron chi connectivity index (χ1n) is 8.68. The summed E-state index contributed by atoms with van der Waals surface area (Å²) in [6.07, 6.45) is 5.10. The second-order valence-electron chi connectivity index (χ2n) is 6.45. The highest BCUT2D eigenvalue weighted by Gasteiger charge is 2.23. The van der Waals surface area contributed by atoms with Crippen LogP contribution in [0.3, 0.4) is 0 Å². The lowest BCUT2D eigenvalue weighted by molar-refractivity contribution is -0.122. The molecule has 1 aliphatic rings. The van der Waals surface area contributed by atoms with Gasteiger partial charge in [0.2, 0.25) is 11.9 Å². The van der Waals surface area contributed by atoms with E-state index in [1.165, 1.54) is 0 Å². The fourth-order valence-electron chi connectivity index (χ4n) is 3.23. The van der Waals surface area contributed by atoms with Gasteiger partial charge in [-0.05, 0) is 49.2 Å². The Balaban J connectivity index is 1.43. The Hall–Kier alpha value is -3.22. The zero-order valence-electron chi connectivity index (χ0n) is 14.3. The molecule has 26 heavy (non-hydrogen) atoms. The number of nitrogens with two attached hydrogens (primary N) is 1. The van der Waals surface area contributed by atoms with Crippen LogP contribution in [-0.4, -0.2) is 33.9 Å². The zero-order chi connectivity index (χ0) is 17.9. The third-order valence-corrected chi connectivity index (χ3v) is 4.74. The predicted molar refractivity (Wildman–Crippen MR) is 101 cm³/mol. The third-order valence-electron chi connectivity index (χ3n) is 4.74. The summed E-state index contributed by atoms with van der Waals surface area (Å²) in [5.41, 5.74) is 8.11. The van der Waals surface area contributed by atoms with Crippen LogP contribution < -0.4 is 16.0 Å². The number of rotatable bonds is 4. The van der Waals surface area contributed by atoms with E-state index in [-0.39, 0.29) is 11.8 Å². The van der Waals surface area contributed by atoms with E-state index in [0.29, 0.717) is 11.6 Å². The summed E-state index contributed by atoms with van der Waals surface area (Å²) in [5, 5.41) is 4.12. The van der Waals surface area contributed by atoms with Crippen LogP contribution >= 0.6 is 0 Å². The van der Waals surface area contributed by atoms with Gasteiger partial charge in [0.05, 0.1) is 0 Å². The number of amides is 1. The van der Waals surface area contributed by atoms with Crippen molar-refractivity contribution in [1.29, 1.82) is 0 Å². The molecule has 1 aromatic carbocycles.